The standard InChI is InChI=1S/C25H31ClN2O3/c1-27(25(30)24(29)19-8-3-2-4-9-19)16-18-14-21(15-18)31-22-11-7-10-20(23(22)26)17-28-12-5-6-13-28/h2-4,7-11,18,21,24,29H,5-6,12-17H2,1H3. The normalized spacial score (nSPS) is 22.0. The molecule has 1 atom stereocenters. The van der Waals surface area contributed by atoms with Crippen LogP contribution < -0.4 is 4.74 Å². The van der Waals surface area contributed by atoms with E-state index in [1.165, 1.54) is 12.8 Å². The van der Waals surface area contributed by atoms with Crippen LogP contribution in [-0.2, 0) is 11.3 Å². The molecule has 1 saturated heterocycles. The molecule has 1 amide bonds. The van der Waals surface area contributed by atoms with Crippen molar-refractivity contribution in [1.82, 2.24) is 9.80 Å². The predicted molar refractivity (Wildman–Crippen MR) is 122 cm³/mol. The van der Waals surface area contributed by atoms with Gasteiger partial charge in [-0.15, -0.1) is 0 Å². The van der Waals surface area contributed by atoms with E-state index in [2.05, 4.69) is 11.0 Å². The Balaban J connectivity index is 1.25. The number of aliphatic hydroxyl groups is 1. The summed E-state index contributed by atoms with van der Waals surface area (Å²) in [6.45, 7) is 3.76. The van der Waals surface area contributed by atoms with E-state index in [9.17, 15) is 9.90 Å². The number of halogens is 1. The van der Waals surface area contributed by atoms with Gasteiger partial charge in [-0.2, -0.15) is 0 Å². The van der Waals surface area contributed by atoms with E-state index in [1.807, 2.05) is 30.3 Å². The summed E-state index contributed by atoms with van der Waals surface area (Å²) in [6.07, 6.45) is 3.28. The number of nitrogens with zero attached hydrogens (tertiary/aromatic N) is 2. The third-order valence-electron chi connectivity index (χ3n) is 6.38. The van der Waals surface area contributed by atoms with Gasteiger partial charge in [0.15, 0.2) is 6.10 Å². The van der Waals surface area contributed by atoms with E-state index in [1.54, 1.807) is 24.1 Å². The first kappa shape index (κ1) is 22.1. The summed E-state index contributed by atoms with van der Waals surface area (Å²) in [7, 11) is 1.75. The second-order valence-electron chi connectivity index (χ2n) is 8.82. The third kappa shape index (κ3) is 5.40. The molecule has 166 valence electrons. The maximum Gasteiger partial charge on any atom is 0.255 e. The molecule has 0 bridgehead atoms. The number of likely N-dealkylation sites (tertiary alicyclic amines) is 1. The van der Waals surface area contributed by atoms with E-state index >= 15 is 0 Å². The number of rotatable bonds is 8. The minimum Gasteiger partial charge on any atom is -0.489 e. The average molecular weight is 443 g/mol. The molecule has 1 heterocycles. The van der Waals surface area contributed by atoms with Gasteiger partial charge in [0.25, 0.3) is 5.91 Å². The van der Waals surface area contributed by atoms with Gasteiger partial charge < -0.3 is 14.7 Å². The zero-order valence-electron chi connectivity index (χ0n) is 18.0. The first-order valence-electron chi connectivity index (χ1n) is 11.2. The lowest BCUT2D eigenvalue weighted by molar-refractivity contribution is -0.140. The molecular formula is C25H31ClN2O3. The minimum absolute atomic E-state index is 0.118. The van der Waals surface area contributed by atoms with E-state index in [-0.39, 0.29) is 12.0 Å². The Hall–Kier alpha value is -2.08. The van der Waals surface area contributed by atoms with Gasteiger partial charge in [0, 0.05) is 20.1 Å². The zero-order chi connectivity index (χ0) is 21.8. The van der Waals surface area contributed by atoms with Crippen LogP contribution in [0.25, 0.3) is 0 Å². The Morgan fingerprint density at radius 2 is 1.87 bits per heavy atom. The number of aliphatic hydroxyl groups excluding tert-OH is 1. The fourth-order valence-corrected chi connectivity index (χ4v) is 4.74. The first-order chi connectivity index (χ1) is 15.0. The smallest absolute Gasteiger partial charge is 0.255 e. The van der Waals surface area contributed by atoms with Crippen LogP contribution in [-0.4, -0.2) is 53.6 Å². The molecule has 6 heteroatoms. The monoisotopic (exact) mass is 442 g/mol. The van der Waals surface area contributed by atoms with Crippen LogP contribution in [0.15, 0.2) is 48.5 Å². The summed E-state index contributed by atoms with van der Waals surface area (Å²) in [5, 5.41) is 11.1. The van der Waals surface area contributed by atoms with Gasteiger partial charge in [0.05, 0.1) is 11.1 Å². The number of hydrogen-bond acceptors (Lipinski definition) is 4. The van der Waals surface area contributed by atoms with E-state index in [0.717, 1.165) is 48.8 Å². The van der Waals surface area contributed by atoms with Crippen molar-refractivity contribution in [3.8, 4) is 5.75 Å². The van der Waals surface area contributed by atoms with Crippen molar-refractivity contribution in [3.05, 3.63) is 64.7 Å². The molecule has 0 radical (unpaired) electrons. The average Bonchev–Trinajstić information content (AvgIpc) is 3.27. The Labute approximate surface area is 189 Å². The second kappa shape index (κ2) is 10.0. The third-order valence-corrected chi connectivity index (χ3v) is 6.81. The lowest BCUT2D eigenvalue weighted by Crippen LogP contribution is -2.43. The summed E-state index contributed by atoms with van der Waals surface area (Å²) in [4.78, 5) is 16.6. The van der Waals surface area contributed by atoms with Gasteiger partial charge in [-0.1, -0.05) is 54.1 Å². The highest BCUT2D eigenvalue weighted by atomic mass is 35.5. The topological polar surface area (TPSA) is 53.0 Å². The molecule has 2 aliphatic rings. The second-order valence-corrected chi connectivity index (χ2v) is 9.20. The van der Waals surface area contributed by atoms with Crippen molar-refractivity contribution in [1.29, 1.82) is 0 Å². The van der Waals surface area contributed by atoms with Gasteiger partial charge in [0.1, 0.15) is 5.75 Å². The summed E-state index contributed by atoms with van der Waals surface area (Å²) in [5.74, 6) is 0.854. The van der Waals surface area contributed by atoms with Crippen molar-refractivity contribution in [2.75, 3.05) is 26.7 Å². The van der Waals surface area contributed by atoms with Crippen molar-refractivity contribution in [2.45, 2.75) is 44.4 Å². The molecule has 1 aliphatic heterocycles. The van der Waals surface area contributed by atoms with Gasteiger partial charge >= 0.3 is 0 Å². The van der Waals surface area contributed by atoms with Crippen LogP contribution in [0.3, 0.4) is 0 Å². The molecule has 1 unspecified atom stereocenters. The van der Waals surface area contributed by atoms with Crippen LogP contribution >= 0.6 is 11.6 Å². The van der Waals surface area contributed by atoms with Crippen molar-refractivity contribution >= 4 is 17.5 Å². The number of likely N-dealkylation sites (N-methyl/N-ethyl adjacent to an activating group) is 1. The molecular weight excluding hydrogens is 412 g/mol. The van der Waals surface area contributed by atoms with Crippen molar-refractivity contribution < 1.29 is 14.6 Å². The number of benzene rings is 2. The highest BCUT2D eigenvalue weighted by Gasteiger charge is 2.34. The van der Waals surface area contributed by atoms with Crippen LogP contribution in [0.2, 0.25) is 5.02 Å². The maximum atomic E-state index is 12.5. The lowest BCUT2D eigenvalue weighted by Gasteiger charge is -2.38. The highest BCUT2D eigenvalue weighted by Crippen LogP contribution is 2.36. The summed E-state index contributed by atoms with van der Waals surface area (Å²) < 4.78 is 6.17. The molecule has 0 aromatic heterocycles. The maximum absolute atomic E-state index is 12.5. The molecule has 2 fully saturated rings. The molecule has 5 nitrogen and oxygen atoms in total. The molecule has 1 aliphatic carbocycles. The molecule has 2 aromatic carbocycles. The molecule has 1 N–H and O–H groups in total. The summed E-state index contributed by atoms with van der Waals surface area (Å²) in [6, 6.07) is 15.1. The van der Waals surface area contributed by atoms with Crippen molar-refractivity contribution in [2.24, 2.45) is 5.92 Å². The van der Waals surface area contributed by atoms with Crippen molar-refractivity contribution in [3.63, 3.8) is 0 Å². The van der Waals surface area contributed by atoms with E-state index < -0.39 is 6.10 Å². The number of ether oxygens (including phenoxy) is 1. The first-order valence-corrected chi connectivity index (χ1v) is 11.5. The predicted octanol–water partition coefficient (Wildman–Crippen LogP) is 4.29. The molecule has 31 heavy (non-hydrogen) atoms. The zero-order valence-corrected chi connectivity index (χ0v) is 18.8. The number of hydrogen-bond donors (Lipinski definition) is 1. The largest absolute Gasteiger partial charge is 0.489 e. The Morgan fingerprint density at radius 3 is 2.58 bits per heavy atom. The Kier molecular flexibility index (Phi) is 7.16. The van der Waals surface area contributed by atoms with Gasteiger partial charge in [-0.25, -0.2) is 0 Å². The van der Waals surface area contributed by atoms with Gasteiger partial charge in [-0.3, -0.25) is 9.69 Å². The van der Waals surface area contributed by atoms with E-state index in [0.29, 0.717) is 18.0 Å². The Morgan fingerprint density at radius 1 is 1.16 bits per heavy atom. The number of carbonyl (C=O) groups excluding carboxylic acids is 1. The van der Waals surface area contributed by atoms with Gasteiger partial charge in [0.2, 0.25) is 0 Å². The lowest BCUT2D eigenvalue weighted by atomic mass is 9.82. The van der Waals surface area contributed by atoms with E-state index in [4.69, 9.17) is 16.3 Å². The SMILES string of the molecule is CN(CC1CC(Oc2cccc(CN3CCCC3)c2Cl)C1)C(=O)C(O)c1ccccc1. The molecule has 0 spiro atoms. The fourth-order valence-electron chi connectivity index (χ4n) is 4.51. The highest BCUT2D eigenvalue weighted by molar-refractivity contribution is 6.32. The quantitative estimate of drug-likeness (QED) is 0.662. The molecule has 4 rings (SSSR count). The Bertz CT molecular complexity index is 880. The van der Waals surface area contributed by atoms with Crippen LogP contribution in [0, 0.1) is 5.92 Å². The molecule has 2 aromatic rings. The van der Waals surface area contributed by atoms with Crippen LogP contribution in [0.4, 0.5) is 0 Å². The van der Waals surface area contributed by atoms with Crippen LogP contribution in [0.1, 0.15) is 42.9 Å². The molecule has 1 saturated carbocycles. The summed E-state index contributed by atoms with van der Waals surface area (Å²) in [5.41, 5.74) is 1.75. The number of amides is 1. The number of carbonyl (C=O) groups is 1. The van der Waals surface area contributed by atoms with Gasteiger partial charge in [-0.05, 0) is 61.9 Å². The fraction of sp³-hybridized carbons (Fsp3) is 0.480. The minimum atomic E-state index is -1.12. The van der Waals surface area contributed by atoms with Crippen LogP contribution in [0.5, 0.6) is 5.75 Å². The summed E-state index contributed by atoms with van der Waals surface area (Å²) >= 11 is 6.64.